The van der Waals surface area contributed by atoms with Gasteiger partial charge in [-0.15, -0.1) is 0 Å². The molecule has 0 saturated heterocycles. The van der Waals surface area contributed by atoms with Crippen molar-refractivity contribution in [1.29, 1.82) is 0 Å². The van der Waals surface area contributed by atoms with Crippen molar-refractivity contribution in [3.05, 3.63) is 35.0 Å². The van der Waals surface area contributed by atoms with Crippen molar-refractivity contribution in [3.63, 3.8) is 0 Å². The summed E-state index contributed by atoms with van der Waals surface area (Å²) in [5, 5.41) is 5.13. The van der Waals surface area contributed by atoms with E-state index in [1.807, 2.05) is 24.3 Å². The summed E-state index contributed by atoms with van der Waals surface area (Å²) in [5.41, 5.74) is 9.16. The summed E-state index contributed by atoms with van der Waals surface area (Å²) in [5.74, 6) is -0.0758. The summed E-state index contributed by atoms with van der Waals surface area (Å²) >= 11 is 11.0. The SMILES string of the molecule is CCC(=O)n1c(Cl)c(/C=N/NC(N)=S)c2ccccc21. The second-order valence-electron chi connectivity index (χ2n) is 4.04. The molecule has 0 radical (unpaired) electrons. The topological polar surface area (TPSA) is 72.4 Å². The molecule has 20 heavy (non-hydrogen) atoms. The van der Waals surface area contributed by atoms with Crippen LogP contribution in [0.1, 0.15) is 23.7 Å². The number of fused-ring (bicyclic) bond motifs is 1. The molecule has 0 amide bonds. The van der Waals surface area contributed by atoms with E-state index in [1.165, 1.54) is 10.8 Å². The molecule has 0 atom stereocenters. The summed E-state index contributed by atoms with van der Waals surface area (Å²) in [6, 6.07) is 7.44. The molecule has 1 heterocycles. The highest BCUT2D eigenvalue weighted by molar-refractivity contribution is 7.80. The molecular weight excluding hydrogens is 296 g/mol. The minimum atomic E-state index is -0.0758. The van der Waals surface area contributed by atoms with E-state index in [0.717, 1.165) is 10.9 Å². The molecule has 1 aromatic heterocycles. The first-order valence-electron chi connectivity index (χ1n) is 5.97. The van der Waals surface area contributed by atoms with Gasteiger partial charge in [0.05, 0.1) is 11.7 Å². The van der Waals surface area contributed by atoms with Crippen LogP contribution in [0.2, 0.25) is 5.15 Å². The number of benzene rings is 1. The van der Waals surface area contributed by atoms with Crippen molar-refractivity contribution in [2.24, 2.45) is 10.8 Å². The Morgan fingerprint density at radius 2 is 2.25 bits per heavy atom. The van der Waals surface area contributed by atoms with Crippen molar-refractivity contribution >= 4 is 52.0 Å². The standard InChI is InChI=1S/C13H13ClN4OS/c1-2-11(19)18-10-6-4-3-5-8(10)9(12(18)14)7-16-17-13(15)20/h3-7H,2H2,1H3,(H3,15,17,20)/b16-7+. The van der Waals surface area contributed by atoms with E-state index in [4.69, 9.17) is 17.3 Å². The first-order valence-corrected chi connectivity index (χ1v) is 6.75. The van der Waals surface area contributed by atoms with Gasteiger partial charge >= 0.3 is 0 Å². The second kappa shape index (κ2) is 6.02. The molecule has 3 N–H and O–H groups in total. The maximum atomic E-state index is 12.0. The number of hydrazone groups is 1. The van der Waals surface area contributed by atoms with Gasteiger partial charge in [-0.1, -0.05) is 36.7 Å². The summed E-state index contributed by atoms with van der Waals surface area (Å²) in [6.07, 6.45) is 1.86. The molecule has 0 aliphatic carbocycles. The lowest BCUT2D eigenvalue weighted by Crippen LogP contribution is -2.24. The Hall–Kier alpha value is -1.92. The number of thiocarbonyl (C=S) groups is 1. The van der Waals surface area contributed by atoms with Crippen LogP contribution in [0, 0.1) is 0 Å². The van der Waals surface area contributed by atoms with Crippen molar-refractivity contribution < 1.29 is 4.79 Å². The molecule has 0 aliphatic heterocycles. The molecule has 2 aromatic rings. The molecule has 0 bridgehead atoms. The molecule has 5 nitrogen and oxygen atoms in total. The molecule has 104 valence electrons. The van der Waals surface area contributed by atoms with E-state index in [9.17, 15) is 4.79 Å². The minimum absolute atomic E-state index is 0.0609. The molecular formula is C13H13ClN4OS. The van der Waals surface area contributed by atoms with Crippen LogP contribution in [-0.4, -0.2) is 21.8 Å². The number of para-hydroxylation sites is 1. The molecule has 7 heteroatoms. The third-order valence-electron chi connectivity index (χ3n) is 2.77. The molecule has 1 aromatic carbocycles. The quantitative estimate of drug-likeness (QED) is 0.519. The average Bonchev–Trinajstić information content (AvgIpc) is 2.71. The number of aromatic nitrogens is 1. The van der Waals surface area contributed by atoms with Crippen LogP contribution in [0.5, 0.6) is 0 Å². The summed E-state index contributed by atoms with van der Waals surface area (Å²) < 4.78 is 1.49. The fraction of sp³-hybridized carbons (Fsp3) is 0.154. The van der Waals surface area contributed by atoms with Gasteiger partial charge in [-0.05, 0) is 18.3 Å². The minimum Gasteiger partial charge on any atom is -0.375 e. The Labute approximate surface area is 126 Å². The number of nitrogens with one attached hydrogen (secondary N) is 1. The van der Waals surface area contributed by atoms with Crippen LogP contribution in [0.15, 0.2) is 29.4 Å². The van der Waals surface area contributed by atoms with E-state index in [1.54, 1.807) is 6.92 Å². The molecule has 0 saturated carbocycles. The van der Waals surface area contributed by atoms with Crippen molar-refractivity contribution in [2.75, 3.05) is 0 Å². The number of carbonyl (C=O) groups is 1. The maximum Gasteiger partial charge on any atom is 0.231 e. The Morgan fingerprint density at radius 3 is 2.90 bits per heavy atom. The third-order valence-corrected chi connectivity index (χ3v) is 3.24. The highest BCUT2D eigenvalue weighted by Crippen LogP contribution is 2.29. The van der Waals surface area contributed by atoms with Crippen LogP contribution < -0.4 is 11.2 Å². The number of hydrogen-bond acceptors (Lipinski definition) is 3. The fourth-order valence-corrected chi connectivity index (χ4v) is 2.31. The van der Waals surface area contributed by atoms with Gasteiger partial charge in [0.1, 0.15) is 5.15 Å². The average molecular weight is 309 g/mol. The summed E-state index contributed by atoms with van der Waals surface area (Å²) in [7, 11) is 0. The van der Waals surface area contributed by atoms with Gasteiger partial charge in [0, 0.05) is 17.4 Å². The van der Waals surface area contributed by atoms with E-state index < -0.39 is 0 Å². The van der Waals surface area contributed by atoms with Gasteiger partial charge in [-0.3, -0.25) is 14.8 Å². The molecule has 2 rings (SSSR count). The lowest BCUT2D eigenvalue weighted by molar-refractivity contribution is 0.0914. The van der Waals surface area contributed by atoms with Gasteiger partial charge in [0.15, 0.2) is 5.11 Å². The predicted molar refractivity (Wildman–Crippen MR) is 85.4 cm³/mol. The van der Waals surface area contributed by atoms with Crippen molar-refractivity contribution in [3.8, 4) is 0 Å². The van der Waals surface area contributed by atoms with E-state index in [2.05, 4.69) is 22.7 Å². The largest absolute Gasteiger partial charge is 0.375 e. The predicted octanol–water partition coefficient (Wildman–Crippen LogP) is 2.51. The number of hydrogen-bond donors (Lipinski definition) is 2. The maximum absolute atomic E-state index is 12.0. The zero-order chi connectivity index (χ0) is 14.7. The van der Waals surface area contributed by atoms with E-state index in [-0.39, 0.29) is 11.0 Å². The number of carbonyl (C=O) groups excluding carboxylic acids is 1. The van der Waals surface area contributed by atoms with Crippen LogP contribution >= 0.6 is 23.8 Å². The Kier molecular flexibility index (Phi) is 4.36. The Bertz CT molecular complexity index is 708. The zero-order valence-electron chi connectivity index (χ0n) is 10.8. The van der Waals surface area contributed by atoms with Gasteiger partial charge in [0.2, 0.25) is 5.91 Å². The molecule has 0 fully saturated rings. The number of rotatable bonds is 3. The third kappa shape index (κ3) is 2.66. The Morgan fingerprint density at radius 1 is 1.55 bits per heavy atom. The van der Waals surface area contributed by atoms with Gasteiger partial charge in [-0.25, -0.2) is 0 Å². The highest BCUT2D eigenvalue weighted by atomic mass is 35.5. The molecule has 0 spiro atoms. The lowest BCUT2D eigenvalue weighted by Gasteiger charge is -2.02. The number of halogens is 1. The van der Waals surface area contributed by atoms with Crippen molar-refractivity contribution in [1.82, 2.24) is 9.99 Å². The van der Waals surface area contributed by atoms with E-state index >= 15 is 0 Å². The van der Waals surface area contributed by atoms with E-state index in [0.29, 0.717) is 17.1 Å². The Balaban J connectivity index is 2.60. The van der Waals surface area contributed by atoms with Gasteiger partial charge in [-0.2, -0.15) is 5.10 Å². The first-order chi connectivity index (χ1) is 9.56. The van der Waals surface area contributed by atoms with Crippen LogP contribution in [0.3, 0.4) is 0 Å². The second-order valence-corrected chi connectivity index (χ2v) is 4.84. The summed E-state index contributed by atoms with van der Waals surface area (Å²) in [6.45, 7) is 1.79. The zero-order valence-corrected chi connectivity index (χ0v) is 12.3. The number of nitrogens with two attached hydrogens (primary N) is 1. The molecule has 0 unspecified atom stereocenters. The van der Waals surface area contributed by atoms with Gasteiger partial charge < -0.3 is 5.73 Å². The van der Waals surface area contributed by atoms with Crippen LogP contribution in [0.4, 0.5) is 0 Å². The highest BCUT2D eigenvalue weighted by Gasteiger charge is 2.17. The first kappa shape index (κ1) is 14.5. The van der Waals surface area contributed by atoms with Crippen molar-refractivity contribution in [2.45, 2.75) is 13.3 Å². The lowest BCUT2D eigenvalue weighted by atomic mass is 10.2. The van der Waals surface area contributed by atoms with Crippen LogP contribution in [-0.2, 0) is 0 Å². The summed E-state index contributed by atoms with van der Waals surface area (Å²) in [4.78, 5) is 12.0. The smallest absolute Gasteiger partial charge is 0.231 e. The monoisotopic (exact) mass is 308 g/mol. The fourth-order valence-electron chi connectivity index (χ4n) is 1.92. The van der Waals surface area contributed by atoms with Gasteiger partial charge in [0.25, 0.3) is 0 Å². The van der Waals surface area contributed by atoms with Crippen LogP contribution in [0.25, 0.3) is 10.9 Å². The molecule has 0 aliphatic rings. The number of nitrogens with zero attached hydrogens (tertiary/aromatic N) is 2. The normalized spacial score (nSPS) is 11.1.